The van der Waals surface area contributed by atoms with Gasteiger partial charge in [0.2, 0.25) is 5.79 Å². The van der Waals surface area contributed by atoms with Crippen LogP contribution < -0.4 is 4.74 Å². The molecule has 6 heteroatoms. The van der Waals surface area contributed by atoms with E-state index in [0.717, 1.165) is 17.7 Å². The maximum absolute atomic E-state index is 11.3. The summed E-state index contributed by atoms with van der Waals surface area (Å²) in [7, 11) is 1.64. The first-order valence-corrected chi connectivity index (χ1v) is 8.57. The van der Waals surface area contributed by atoms with Crippen molar-refractivity contribution in [3.63, 3.8) is 0 Å². The fourth-order valence-electron chi connectivity index (χ4n) is 3.74. The van der Waals surface area contributed by atoms with Gasteiger partial charge in [-0.2, -0.15) is 0 Å². The van der Waals surface area contributed by atoms with Gasteiger partial charge in [-0.05, 0) is 29.8 Å². The average molecular weight is 346 g/mol. The number of hydrogen-bond acceptors (Lipinski definition) is 6. The minimum atomic E-state index is -0.872. The van der Waals surface area contributed by atoms with Crippen LogP contribution in [0.2, 0.25) is 0 Å². The number of esters is 1. The first-order chi connectivity index (χ1) is 12.1. The summed E-state index contributed by atoms with van der Waals surface area (Å²) in [5.41, 5.74) is 1.04. The Morgan fingerprint density at radius 1 is 1.28 bits per heavy atom. The first-order valence-electron chi connectivity index (χ1n) is 8.57. The molecule has 1 unspecified atom stereocenters. The number of rotatable bonds is 3. The minimum absolute atomic E-state index is 0.0756. The lowest BCUT2D eigenvalue weighted by atomic mass is 9.89. The summed E-state index contributed by atoms with van der Waals surface area (Å²) in [6, 6.07) is 7.83. The molecule has 0 amide bonds. The maximum atomic E-state index is 11.3. The van der Waals surface area contributed by atoms with Crippen molar-refractivity contribution in [1.82, 2.24) is 0 Å². The smallest absolute Gasteiger partial charge is 0.303 e. The molecule has 2 heterocycles. The summed E-state index contributed by atoms with van der Waals surface area (Å²) in [6.45, 7) is 2.02. The molecule has 1 aliphatic carbocycles. The third kappa shape index (κ3) is 3.05. The van der Waals surface area contributed by atoms with Crippen LogP contribution in [0.25, 0.3) is 0 Å². The molecular weight excluding hydrogens is 324 g/mol. The molecule has 0 saturated carbocycles. The number of hydrogen-bond donors (Lipinski definition) is 0. The van der Waals surface area contributed by atoms with Crippen LogP contribution in [-0.4, -0.2) is 43.8 Å². The molecule has 1 spiro atoms. The Morgan fingerprint density at radius 2 is 2.08 bits per heavy atom. The van der Waals surface area contributed by atoms with E-state index in [1.165, 1.54) is 6.92 Å². The van der Waals surface area contributed by atoms with Crippen LogP contribution in [0.15, 0.2) is 36.4 Å². The highest BCUT2D eigenvalue weighted by molar-refractivity contribution is 5.66. The Hall–Kier alpha value is -1.89. The van der Waals surface area contributed by atoms with Gasteiger partial charge in [0, 0.05) is 19.8 Å². The second kappa shape index (κ2) is 6.44. The molecule has 4 rings (SSSR count). The Labute approximate surface area is 146 Å². The van der Waals surface area contributed by atoms with E-state index in [1.54, 1.807) is 7.11 Å². The van der Waals surface area contributed by atoms with Gasteiger partial charge in [0.1, 0.15) is 24.1 Å². The second-order valence-corrected chi connectivity index (χ2v) is 6.58. The van der Waals surface area contributed by atoms with Crippen molar-refractivity contribution in [2.45, 2.75) is 50.0 Å². The van der Waals surface area contributed by atoms with E-state index in [0.29, 0.717) is 13.0 Å². The molecule has 2 fully saturated rings. The second-order valence-electron chi connectivity index (χ2n) is 6.58. The van der Waals surface area contributed by atoms with E-state index in [9.17, 15) is 4.79 Å². The molecule has 1 aromatic carbocycles. The number of methoxy groups -OCH3 is 1. The van der Waals surface area contributed by atoms with Gasteiger partial charge in [-0.3, -0.25) is 4.79 Å². The lowest BCUT2D eigenvalue weighted by Gasteiger charge is -2.53. The van der Waals surface area contributed by atoms with Gasteiger partial charge < -0.3 is 23.7 Å². The van der Waals surface area contributed by atoms with Gasteiger partial charge in [0.25, 0.3) is 0 Å². The van der Waals surface area contributed by atoms with Crippen molar-refractivity contribution in [3.05, 3.63) is 42.0 Å². The predicted octanol–water partition coefficient (Wildman–Crippen LogP) is 2.53. The van der Waals surface area contributed by atoms with Crippen LogP contribution in [0.1, 0.15) is 31.4 Å². The lowest BCUT2D eigenvalue weighted by Crippen LogP contribution is -2.61. The first kappa shape index (κ1) is 16.6. The van der Waals surface area contributed by atoms with Gasteiger partial charge in [0.05, 0.1) is 19.8 Å². The summed E-state index contributed by atoms with van der Waals surface area (Å²) in [4.78, 5) is 11.3. The number of carbonyl (C=O) groups excluding carboxylic acids is 1. The van der Waals surface area contributed by atoms with Crippen LogP contribution in [0.5, 0.6) is 5.75 Å². The zero-order chi connectivity index (χ0) is 17.4. The number of ether oxygens (including phenoxy) is 5. The largest absolute Gasteiger partial charge is 0.497 e. The molecule has 0 aromatic heterocycles. The summed E-state index contributed by atoms with van der Waals surface area (Å²) in [6.07, 6.45) is 4.04. The summed E-state index contributed by atoms with van der Waals surface area (Å²) < 4.78 is 29.1. The van der Waals surface area contributed by atoms with Crippen LogP contribution in [-0.2, 0) is 23.7 Å². The van der Waals surface area contributed by atoms with Crippen molar-refractivity contribution in [2.75, 3.05) is 13.7 Å². The Morgan fingerprint density at radius 3 is 2.80 bits per heavy atom. The molecule has 134 valence electrons. The Bertz CT molecular complexity index is 669. The molecule has 0 N–H and O–H groups in total. The molecular formula is C19H22O6. The third-order valence-electron chi connectivity index (χ3n) is 4.91. The molecule has 5 atom stereocenters. The number of benzene rings is 1. The highest BCUT2D eigenvalue weighted by Gasteiger charge is 2.54. The van der Waals surface area contributed by atoms with Crippen molar-refractivity contribution >= 4 is 5.97 Å². The zero-order valence-corrected chi connectivity index (χ0v) is 14.3. The highest BCUT2D eigenvalue weighted by atomic mass is 16.8. The van der Waals surface area contributed by atoms with Gasteiger partial charge in [-0.15, -0.1) is 0 Å². The number of fused-ring (bicyclic) bond motifs is 1. The SMILES string of the molecule is COc1ccc(C2O[C@H]3C[C@@H](OC(C)=O)C=C[C@]34OCC[C@H]2O4)cc1. The summed E-state index contributed by atoms with van der Waals surface area (Å²) in [5.74, 6) is -0.378. The van der Waals surface area contributed by atoms with Crippen molar-refractivity contribution in [3.8, 4) is 5.75 Å². The van der Waals surface area contributed by atoms with Crippen LogP contribution in [0.4, 0.5) is 0 Å². The predicted molar refractivity (Wildman–Crippen MR) is 88.1 cm³/mol. The van der Waals surface area contributed by atoms with Crippen LogP contribution in [0, 0.1) is 0 Å². The Kier molecular flexibility index (Phi) is 4.27. The molecule has 2 aliphatic heterocycles. The molecule has 2 saturated heterocycles. The number of carbonyl (C=O) groups is 1. The highest BCUT2D eigenvalue weighted by Crippen LogP contribution is 2.46. The Balaban J connectivity index is 1.59. The zero-order valence-electron chi connectivity index (χ0n) is 14.3. The van der Waals surface area contributed by atoms with E-state index >= 15 is 0 Å². The van der Waals surface area contributed by atoms with Crippen LogP contribution in [0.3, 0.4) is 0 Å². The van der Waals surface area contributed by atoms with E-state index in [4.69, 9.17) is 23.7 Å². The normalized spacial score (nSPS) is 36.4. The van der Waals surface area contributed by atoms with E-state index in [2.05, 4.69) is 0 Å². The molecule has 3 aliphatic rings. The van der Waals surface area contributed by atoms with Crippen molar-refractivity contribution in [2.24, 2.45) is 0 Å². The van der Waals surface area contributed by atoms with Gasteiger partial charge in [0.15, 0.2) is 0 Å². The maximum Gasteiger partial charge on any atom is 0.303 e. The third-order valence-corrected chi connectivity index (χ3v) is 4.91. The fraction of sp³-hybridized carbons (Fsp3) is 0.526. The quantitative estimate of drug-likeness (QED) is 0.619. The van der Waals surface area contributed by atoms with E-state index < -0.39 is 5.79 Å². The van der Waals surface area contributed by atoms with Crippen molar-refractivity contribution in [1.29, 1.82) is 0 Å². The average Bonchev–Trinajstić information content (AvgIpc) is 2.62. The van der Waals surface area contributed by atoms with Gasteiger partial charge >= 0.3 is 5.97 Å². The lowest BCUT2D eigenvalue weighted by molar-refractivity contribution is -0.377. The fourth-order valence-corrected chi connectivity index (χ4v) is 3.74. The molecule has 25 heavy (non-hydrogen) atoms. The van der Waals surface area contributed by atoms with E-state index in [1.807, 2.05) is 36.4 Å². The molecule has 1 aromatic rings. The minimum Gasteiger partial charge on any atom is -0.497 e. The topological polar surface area (TPSA) is 63.2 Å². The van der Waals surface area contributed by atoms with Crippen molar-refractivity contribution < 1.29 is 28.5 Å². The van der Waals surface area contributed by atoms with E-state index in [-0.39, 0.29) is 30.4 Å². The standard InChI is InChI=1S/C19H22O6/c1-12(20)23-15-7-9-19-17(11-15)24-18(16(25-19)8-10-22-19)13-3-5-14(21-2)6-4-13/h3-7,9,15-18H,8,10-11H2,1-2H3/t15-,16+,17-,18?,19+/m0/s1. The van der Waals surface area contributed by atoms with Gasteiger partial charge in [-0.25, -0.2) is 0 Å². The monoisotopic (exact) mass is 346 g/mol. The van der Waals surface area contributed by atoms with Gasteiger partial charge in [-0.1, -0.05) is 12.1 Å². The summed E-state index contributed by atoms with van der Waals surface area (Å²) >= 11 is 0. The molecule has 6 nitrogen and oxygen atoms in total. The van der Waals surface area contributed by atoms with Crippen LogP contribution >= 0.6 is 0 Å². The summed E-state index contributed by atoms with van der Waals surface area (Å²) in [5, 5.41) is 0. The molecule has 2 bridgehead atoms. The molecule has 0 radical (unpaired) electrons.